The van der Waals surface area contributed by atoms with Crippen LogP contribution >= 0.6 is 0 Å². The fourth-order valence-corrected chi connectivity index (χ4v) is 4.39. The van der Waals surface area contributed by atoms with Gasteiger partial charge in [-0.1, -0.05) is 0 Å². The van der Waals surface area contributed by atoms with E-state index in [-0.39, 0.29) is 34.9 Å². The number of methoxy groups -OCH3 is 1. The molecule has 9 nitrogen and oxygen atoms in total. The Kier molecular flexibility index (Phi) is 6.79. The number of ketones is 1. The molecule has 35 heavy (non-hydrogen) atoms. The molecular weight excluding hydrogens is 452 g/mol. The van der Waals surface area contributed by atoms with Gasteiger partial charge in [-0.3, -0.25) is 24.1 Å². The number of nitrogens with zero attached hydrogens (tertiary/aromatic N) is 2. The SMILES string of the molecule is COCCCN1C(=O)c2ccc(C(=O)O[C@H](C)C(=O)c3ccc4c(c3)CCN4C(C)=O)cc2C1=O. The summed E-state index contributed by atoms with van der Waals surface area (Å²) in [6.45, 7) is 4.18. The molecule has 2 aliphatic rings. The number of Topliss-reactive ketones (excluding diaryl/α,β-unsaturated/α-hetero) is 1. The minimum Gasteiger partial charge on any atom is -0.451 e. The molecule has 1 atom stereocenters. The lowest BCUT2D eigenvalue weighted by atomic mass is 10.0. The Morgan fingerprint density at radius 1 is 1.00 bits per heavy atom. The number of ether oxygens (including phenoxy) is 2. The molecule has 0 aliphatic carbocycles. The highest BCUT2D eigenvalue weighted by molar-refractivity contribution is 6.22. The van der Waals surface area contributed by atoms with Crippen LogP contribution in [0.25, 0.3) is 0 Å². The molecule has 0 spiro atoms. The summed E-state index contributed by atoms with van der Waals surface area (Å²) < 4.78 is 10.4. The first-order chi connectivity index (χ1) is 16.7. The van der Waals surface area contributed by atoms with Gasteiger partial charge in [0.2, 0.25) is 11.7 Å². The first-order valence-corrected chi connectivity index (χ1v) is 11.4. The van der Waals surface area contributed by atoms with E-state index in [1.807, 2.05) is 0 Å². The number of amides is 3. The molecule has 2 heterocycles. The quantitative estimate of drug-likeness (QED) is 0.248. The largest absolute Gasteiger partial charge is 0.451 e. The van der Waals surface area contributed by atoms with Gasteiger partial charge in [-0.25, -0.2) is 4.79 Å². The number of benzene rings is 2. The number of fused-ring (bicyclic) bond motifs is 2. The molecule has 0 saturated carbocycles. The Morgan fingerprint density at radius 3 is 2.43 bits per heavy atom. The van der Waals surface area contributed by atoms with Crippen LogP contribution in [-0.4, -0.2) is 67.3 Å². The Labute approximate surface area is 202 Å². The van der Waals surface area contributed by atoms with Gasteiger partial charge in [0, 0.05) is 45.0 Å². The van der Waals surface area contributed by atoms with Gasteiger partial charge < -0.3 is 14.4 Å². The molecule has 0 fully saturated rings. The molecule has 2 aliphatic heterocycles. The standard InChI is InChI=1S/C26H26N2O7/c1-15(23(30)18-6-8-22-17(13-18)9-11-27(22)16(2)29)35-26(33)19-5-7-20-21(14-19)25(32)28(24(20)31)10-4-12-34-3/h5-8,13-15H,4,9-12H2,1-3H3/t15-/m1/s1. The molecule has 4 rings (SSSR count). The number of anilines is 1. The number of carbonyl (C=O) groups excluding carboxylic acids is 5. The third-order valence-corrected chi connectivity index (χ3v) is 6.23. The number of hydrogen-bond donors (Lipinski definition) is 0. The second-order valence-electron chi connectivity index (χ2n) is 8.54. The number of carbonyl (C=O) groups is 5. The van der Waals surface area contributed by atoms with Gasteiger partial charge in [-0.2, -0.15) is 0 Å². The summed E-state index contributed by atoms with van der Waals surface area (Å²) in [6.07, 6.45) is 0.0857. The molecule has 0 unspecified atom stereocenters. The predicted molar refractivity (Wildman–Crippen MR) is 126 cm³/mol. The van der Waals surface area contributed by atoms with Gasteiger partial charge in [0.05, 0.1) is 16.7 Å². The number of hydrogen-bond acceptors (Lipinski definition) is 7. The molecule has 0 radical (unpaired) electrons. The summed E-state index contributed by atoms with van der Waals surface area (Å²) in [5.74, 6) is -2.09. The molecule has 2 aromatic rings. The average Bonchev–Trinajstić information content (AvgIpc) is 3.37. The Balaban J connectivity index is 1.45. The summed E-state index contributed by atoms with van der Waals surface area (Å²) in [5, 5.41) is 0. The van der Waals surface area contributed by atoms with Gasteiger partial charge in [0.1, 0.15) is 0 Å². The maximum absolute atomic E-state index is 12.9. The highest BCUT2D eigenvalue weighted by Gasteiger charge is 2.36. The van der Waals surface area contributed by atoms with Crippen LogP contribution in [0.5, 0.6) is 0 Å². The molecule has 0 N–H and O–H groups in total. The molecule has 0 bridgehead atoms. The van der Waals surface area contributed by atoms with E-state index in [4.69, 9.17) is 9.47 Å². The van der Waals surface area contributed by atoms with E-state index in [1.54, 1.807) is 30.2 Å². The monoisotopic (exact) mass is 478 g/mol. The van der Waals surface area contributed by atoms with E-state index in [0.717, 1.165) is 16.2 Å². The average molecular weight is 479 g/mol. The molecule has 3 amide bonds. The van der Waals surface area contributed by atoms with Crippen molar-refractivity contribution in [2.75, 3.05) is 31.7 Å². The first kappa shape index (κ1) is 24.3. The maximum atomic E-state index is 12.9. The number of imide groups is 1. The van der Waals surface area contributed by atoms with Crippen molar-refractivity contribution in [3.8, 4) is 0 Å². The van der Waals surface area contributed by atoms with Crippen LogP contribution in [0.1, 0.15) is 67.3 Å². The van der Waals surface area contributed by atoms with E-state index >= 15 is 0 Å². The van der Waals surface area contributed by atoms with E-state index in [9.17, 15) is 24.0 Å². The normalized spacial score (nSPS) is 15.2. The van der Waals surface area contributed by atoms with Crippen molar-refractivity contribution in [1.29, 1.82) is 0 Å². The van der Waals surface area contributed by atoms with Crippen LogP contribution in [0.3, 0.4) is 0 Å². The van der Waals surface area contributed by atoms with Crippen molar-refractivity contribution in [1.82, 2.24) is 4.90 Å². The summed E-state index contributed by atoms with van der Waals surface area (Å²) in [4.78, 5) is 65.4. The van der Waals surface area contributed by atoms with Gasteiger partial charge >= 0.3 is 5.97 Å². The smallest absolute Gasteiger partial charge is 0.338 e. The molecular formula is C26H26N2O7. The van der Waals surface area contributed by atoms with Crippen LogP contribution in [0.4, 0.5) is 5.69 Å². The predicted octanol–water partition coefficient (Wildman–Crippen LogP) is 2.66. The lowest BCUT2D eigenvalue weighted by Gasteiger charge is -2.16. The zero-order chi connectivity index (χ0) is 25.3. The molecule has 2 aromatic carbocycles. The summed E-state index contributed by atoms with van der Waals surface area (Å²) in [6, 6.07) is 9.24. The summed E-state index contributed by atoms with van der Waals surface area (Å²) >= 11 is 0. The third-order valence-electron chi connectivity index (χ3n) is 6.23. The van der Waals surface area contributed by atoms with Crippen molar-refractivity contribution >= 4 is 35.2 Å². The van der Waals surface area contributed by atoms with E-state index in [2.05, 4.69) is 0 Å². The van der Waals surface area contributed by atoms with Crippen LogP contribution in [0, 0.1) is 0 Å². The highest BCUT2D eigenvalue weighted by atomic mass is 16.5. The Morgan fingerprint density at radius 2 is 1.71 bits per heavy atom. The van der Waals surface area contributed by atoms with E-state index in [0.29, 0.717) is 31.6 Å². The van der Waals surface area contributed by atoms with Gasteiger partial charge in [0.15, 0.2) is 6.10 Å². The lowest BCUT2D eigenvalue weighted by Crippen LogP contribution is -2.31. The Hall–Kier alpha value is -3.85. The van der Waals surface area contributed by atoms with Crippen LogP contribution in [0.15, 0.2) is 36.4 Å². The van der Waals surface area contributed by atoms with Crippen LogP contribution < -0.4 is 4.90 Å². The topological polar surface area (TPSA) is 110 Å². The fourth-order valence-electron chi connectivity index (χ4n) is 4.39. The number of esters is 1. The van der Waals surface area contributed by atoms with E-state index < -0.39 is 23.9 Å². The lowest BCUT2D eigenvalue weighted by molar-refractivity contribution is -0.116. The Bertz CT molecular complexity index is 1240. The second kappa shape index (κ2) is 9.79. The molecule has 0 aromatic heterocycles. The third kappa shape index (κ3) is 4.59. The summed E-state index contributed by atoms with van der Waals surface area (Å²) in [7, 11) is 1.54. The second-order valence-corrected chi connectivity index (χ2v) is 8.54. The fraction of sp³-hybridized carbons (Fsp3) is 0.346. The minimum atomic E-state index is -1.07. The zero-order valence-electron chi connectivity index (χ0n) is 19.8. The molecule has 9 heteroatoms. The van der Waals surface area contributed by atoms with Crippen molar-refractivity contribution in [3.05, 3.63) is 64.2 Å². The van der Waals surface area contributed by atoms with Gasteiger partial charge in [-0.05, 0) is 61.7 Å². The van der Waals surface area contributed by atoms with E-state index in [1.165, 1.54) is 32.0 Å². The first-order valence-electron chi connectivity index (χ1n) is 11.4. The van der Waals surface area contributed by atoms with Crippen LogP contribution in [-0.2, 0) is 20.7 Å². The minimum absolute atomic E-state index is 0.0576. The maximum Gasteiger partial charge on any atom is 0.338 e. The van der Waals surface area contributed by atoms with Crippen LogP contribution in [0.2, 0.25) is 0 Å². The van der Waals surface area contributed by atoms with Crippen molar-refractivity contribution in [2.45, 2.75) is 32.8 Å². The number of rotatable bonds is 8. The molecule has 0 saturated heterocycles. The zero-order valence-corrected chi connectivity index (χ0v) is 19.8. The van der Waals surface area contributed by atoms with Gasteiger partial charge in [-0.15, -0.1) is 0 Å². The summed E-state index contributed by atoms with van der Waals surface area (Å²) in [5.41, 5.74) is 2.50. The highest BCUT2D eigenvalue weighted by Crippen LogP contribution is 2.30. The van der Waals surface area contributed by atoms with Crippen molar-refractivity contribution < 1.29 is 33.4 Å². The van der Waals surface area contributed by atoms with Crippen molar-refractivity contribution in [2.24, 2.45) is 0 Å². The van der Waals surface area contributed by atoms with Gasteiger partial charge in [0.25, 0.3) is 11.8 Å². The van der Waals surface area contributed by atoms with Crippen molar-refractivity contribution in [3.63, 3.8) is 0 Å². The molecule has 182 valence electrons.